The molecule has 0 aliphatic carbocycles. The molecule has 29 heavy (non-hydrogen) atoms. The van der Waals surface area contributed by atoms with Crippen LogP contribution in [-0.2, 0) is 23.0 Å². The van der Waals surface area contributed by atoms with Crippen LogP contribution in [0.5, 0.6) is 11.5 Å². The van der Waals surface area contributed by atoms with Crippen molar-refractivity contribution in [1.29, 1.82) is 0 Å². The van der Waals surface area contributed by atoms with Gasteiger partial charge >= 0.3 is 0 Å². The second kappa shape index (κ2) is 7.46. The molecule has 3 aromatic rings. The summed E-state index contributed by atoms with van der Waals surface area (Å²) in [7, 11) is -2.23. The lowest BCUT2D eigenvalue weighted by molar-refractivity contribution is 0.101. The van der Waals surface area contributed by atoms with E-state index in [2.05, 4.69) is 14.3 Å². The number of benzene rings is 2. The van der Waals surface area contributed by atoms with Crippen LogP contribution in [-0.4, -0.2) is 30.8 Å². The molecule has 4 rings (SSSR count). The van der Waals surface area contributed by atoms with Gasteiger partial charge in [-0.2, -0.15) is 0 Å². The molecular formula is C21H21N3O4S. The molecular weight excluding hydrogens is 390 g/mol. The Morgan fingerprint density at radius 2 is 1.93 bits per heavy atom. The van der Waals surface area contributed by atoms with Gasteiger partial charge in [-0.25, -0.2) is 18.1 Å². The van der Waals surface area contributed by atoms with E-state index in [9.17, 15) is 13.2 Å². The molecule has 0 amide bonds. The smallest absolute Gasteiger partial charge is 0.240 e. The fraction of sp³-hybridized carbons (Fsp3) is 0.238. The van der Waals surface area contributed by atoms with Gasteiger partial charge in [-0.3, -0.25) is 4.79 Å². The van der Waals surface area contributed by atoms with Gasteiger partial charge < -0.3 is 9.30 Å². The van der Waals surface area contributed by atoms with E-state index in [4.69, 9.17) is 4.74 Å². The lowest BCUT2D eigenvalue weighted by atomic mass is 10.1. The van der Waals surface area contributed by atoms with Crippen LogP contribution in [0.4, 0.5) is 0 Å². The number of nitrogens with zero attached hydrogens (tertiary/aromatic N) is 2. The molecule has 0 spiro atoms. The molecule has 0 unspecified atom stereocenters. The number of imidazole rings is 1. The first-order chi connectivity index (χ1) is 13.9. The van der Waals surface area contributed by atoms with E-state index >= 15 is 0 Å². The van der Waals surface area contributed by atoms with Crippen molar-refractivity contribution in [3.05, 3.63) is 60.0 Å². The van der Waals surface area contributed by atoms with Gasteiger partial charge in [0.05, 0.1) is 10.6 Å². The fourth-order valence-electron chi connectivity index (χ4n) is 3.35. The maximum Gasteiger partial charge on any atom is 0.240 e. The number of sulfonamides is 1. The Kier molecular flexibility index (Phi) is 4.97. The van der Waals surface area contributed by atoms with E-state index in [-0.39, 0.29) is 10.7 Å². The molecule has 8 heteroatoms. The van der Waals surface area contributed by atoms with E-state index in [1.54, 1.807) is 36.4 Å². The highest BCUT2D eigenvalue weighted by atomic mass is 32.2. The van der Waals surface area contributed by atoms with Crippen LogP contribution in [0.3, 0.4) is 0 Å². The van der Waals surface area contributed by atoms with E-state index in [1.807, 2.05) is 6.20 Å². The highest BCUT2D eigenvalue weighted by Gasteiger charge is 2.20. The van der Waals surface area contributed by atoms with Gasteiger partial charge in [-0.05, 0) is 62.9 Å². The van der Waals surface area contributed by atoms with Crippen molar-refractivity contribution < 1.29 is 17.9 Å². The van der Waals surface area contributed by atoms with Crippen LogP contribution in [0, 0.1) is 0 Å². The third-order valence-corrected chi connectivity index (χ3v) is 6.37. The first kappa shape index (κ1) is 19.4. The third kappa shape index (κ3) is 3.81. The Hall–Kier alpha value is -2.97. The monoisotopic (exact) mass is 411 g/mol. The van der Waals surface area contributed by atoms with Gasteiger partial charge in [0.2, 0.25) is 10.0 Å². The number of ketones is 1. The van der Waals surface area contributed by atoms with Crippen LogP contribution >= 0.6 is 0 Å². The SMILES string of the molecule is CNS(=O)(=O)c1ccc(Oc2ccc(C(C)=O)cc2)c(-c2cn3c(n2)CCC3)c1. The number of ether oxygens (including phenoxy) is 1. The highest BCUT2D eigenvalue weighted by molar-refractivity contribution is 7.89. The molecule has 0 bridgehead atoms. The zero-order valence-corrected chi connectivity index (χ0v) is 17.0. The van der Waals surface area contributed by atoms with Crippen molar-refractivity contribution in [3.63, 3.8) is 0 Å². The van der Waals surface area contributed by atoms with Crippen molar-refractivity contribution in [2.45, 2.75) is 31.2 Å². The van der Waals surface area contributed by atoms with Gasteiger partial charge in [-0.15, -0.1) is 0 Å². The number of aryl methyl sites for hydroxylation is 2. The quantitative estimate of drug-likeness (QED) is 0.628. The summed E-state index contributed by atoms with van der Waals surface area (Å²) in [6.45, 7) is 2.41. The lowest BCUT2D eigenvalue weighted by Gasteiger charge is -2.12. The maximum atomic E-state index is 12.3. The molecule has 1 aliphatic heterocycles. The van der Waals surface area contributed by atoms with E-state index in [0.717, 1.165) is 25.2 Å². The zero-order valence-electron chi connectivity index (χ0n) is 16.2. The molecule has 7 nitrogen and oxygen atoms in total. The summed E-state index contributed by atoms with van der Waals surface area (Å²) < 4.78 is 35.0. The molecule has 1 aliphatic rings. The number of hydrogen-bond acceptors (Lipinski definition) is 5. The minimum Gasteiger partial charge on any atom is -0.457 e. The largest absolute Gasteiger partial charge is 0.457 e. The Bertz CT molecular complexity index is 1160. The first-order valence-electron chi connectivity index (χ1n) is 9.30. The van der Waals surface area contributed by atoms with Crippen molar-refractivity contribution in [2.24, 2.45) is 0 Å². The molecule has 1 aromatic heterocycles. The standard InChI is InChI=1S/C21H21N3O4S/c1-14(25)15-5-7-16(8-6-15)28-20-10-9-17(29(26,27)22-2)12-18(20)19-13-24-11-3-4-21(24)23-19/h5-10,12-13,22H,3-4,11H2,1-2H3. The molecule has 0 saturated carbocycles. The number of fused-ring (bicyclic) bond motifs is 1. The number of hydrogen-bond donors (Lipinski definition) is 1. The van der Waals surface area contributed by atoms with Crippen LogP contribution in [0.25, 0.3) is 11.3 Å². The normalized spacial score (nSPS) is 13.3. The molecule has 0 atom stereocenters. The van der Waals surface area contributed by atoms with Crippen molar-refractivity contribution in [3.8, 4) is 22.8 Å². The molecule has 0 radical (unpaired) electrons. The van der Waals surface area contributed by atoms with Gasteiger partial charge in [-0.1, -0.05) is 0 Å². The second-order valence-electron chi connectivity index (χ2n) is 6.89. The average molecular weight is 411 g/mol. The van der Waals surface area contributed by atoms with Crippen molar-refractivity contribution in [1.82, 2.24) is 14.3 Å². The van der Waals surface area contributed by atoms with Gasteiger partial charge in [0, 0.05) is 30.3 Å². The van der Waals surface area contributed by atoms with E-state index in [0.29, 0.717) is 28.3 Å². The van der Waals surface area contributed by atoms with Gasteiger partial charge in [0.1, 0.15) is 17.3 Å². The summed E-state index contributed by atoms with van der Waals surface area (Å²) in [4.78, 5) is 16.3. The zero-order chi connectivity index (χ0) is 20.6. The number of rotatable bonds is 6. The minimum absolute atomic E-state index is 0.0219. The van der Waals surface area contributed by atoms with Crippen LogP contribution < -0.4 is 9.46 Å². The number of aromatic nitrogens is 2. The Balaban J connectivity index is 1.76. The van der Waals surface area contributed by atoms with Crippen LogP contribution in [0.1, 0.15) is 29.5 Å². The maximum absolute atomic E-state index is 12.3. The predicted molar refractivity (Wildman–Crippen MR) is 109 cm³/mol. The van der Waals surface area contributed by atoms with Crippen LogP contribution in [0.2, 0.25) is 0 Å². The second-order valence-corrected chi connectivity index (χ2v) is 8.77. The molecule has 0 saturated heterocycles. The van der Waals surface area contributed by atoms with Gasteiger partial charge in [0.25, 0.3) is 0 Å². The minimum atomic E-state index is -3.61. The molecule has 150 valence electrons. The third-order valence-electron chi connectivity index (χ3n) is 4.95. The molecule has 1 N–H and O–H groups in total. The summed E-state index contributed by atoms with van der Waals surface area (Å²) >= 11 is 0. The van der Waals surface area contributed by atoms with Crippen molar-refractivity contribution in [2.75, 3.05) is 7.05 Å². The Morgan fingerprint density at radius 3 is 2.59 bits per heavy atom. The Labute approximate surface area is 169 Å². The summed E-state index contributed by atoms with van der Waals surface area (Å²) in [5.74, 6) is 2.00. The molecule has 2 heterocycles. The topological polar surface area (TPSA) is 90.3 Å². The number of carbonyl (C=O) groups excluding carboxylic acids is 1. The van der Waals surface area contributed by atoms with E-state index < -0.39 is 10.0 Å². The van der Waals surface area contributed by atoms with Crippen molar-refractivity contribution >= 4 is 15.8 Å². The number of Topliss-reactive ketones (excluding diaryl/α,β-unsaturated/α-hetero) is 1. The summed E-state index contributed by atoms with van der Waals surface area (Å²) in [6, 6.07) is 11.5. The predicted octanol–water partition coefficient (Wildman–Crippen LogP) is 3.40. The number of carbonyl (C=O) groups is 1. The molecule has 0 fully saturated rings. The number of nitrogens with one attached hydrogen (secondary N) is 1. The van der Waals surface area contributed by atoms with Crippen LogP contribution in [0.15, 0.2) is 53.6 Å². The first-order valence-corrected chi connectivity index (χ1v) is 10.8. The van der Waals surface area contributed by atoms with E-state index in [1.165, 1.54) is 20.0 Å². The molecule has 2 aromatic carbocycles. The Morgan fingerprint density at radius 1 is 1.17 bits per heavy atom. The fourth-order valence-corrected chi connectivity index (χ4v) is 4.11. The average Bonchev–Trinajstić information content (AvgIpc) is 3.31. The lowest BCUT2D eigenvalue weighted by Crippen LogP contribution is -2.18. The summed E-state index contributed by atoms with van der Waals surface area (Å²) in [5, 5.41) is 0. The van der Waals surface area contributed by atoms with Gasteiger partial charge in [0.15, 0.2) is 5.78 Å². The summed E-state index contributed by atoms with van der Waals surface area (Å²) in [5.41, 5.74) is 1.86. The highest BCUT2D eigenvalue weighted by Crippen LogP contribution is 2.35. The summed E-state index contributed by atoms with van der Waals surface area (Å²) in [6.07, 6.45) is 3.89.